The lowest BCUT2D eigenvalue weighted by Crippen LogP contribution is -2.51. The normalized spacial score (nSPS) is 14.9. The first-order valence-electron chi connectivity index (χ1n) is 8.00. The fourth-order valence-electron chi connectivity index (χ4n) is 2.71. The lowest BCUT2D eigenvalue weighted by molar-refractivity contribution is 0.198. The molecule has 1 N–H and O–H groups in total. The third kappa shape index (κ3) is 4.17. The number of rotatable bonds is 3. The lowest BCUT2D eigenvalue weighted by Gasteiger charge is -2.35. The molecule has 1 aliphatic rings. The summed E-state index contributed by atoms with van der Waals surface area (Å²) in [5.74, 6) is 0. The Bertz CT molecular complexity index is 710. The number of carbonyl (C=O) groups excluding carboxylic acids is 1. The van der Waals surface area contributed by atoms with Crippen LogP contribution >= 0.6 is 15.9 Å². The highest BCUT2D eigenvalue weighted by Crippen LogP contribution is 2.17. The smallest absolute Gasteiger partial charge is 0.321 e. The van der Waals surface area contributed by atoms with Gasteiger partial charge in [-0.05, 0) is 29.8 Å². The van der Waals surface area contributed by atoms with Crippen molar-refractivity contribution < 1.29 is 4.79 Å². The number of benzene rings is 2. The van der Waals surface area contributed by atoms with Gasteiger partial charge in [0, 0.05) is 42.5 Å². The van der Waals surface area contributed by atoms with Gasteiger partial charge >= 0.3 is 6.03 Å². The van der Waals surface area contributed by atoms with Crippen LogP contribution in [-0.4, -0.2) is 37.1 Å². The number of nitrogens with one attached hydrogen (secondary N) is 1. The molecule has 0 aromatic heterocycles. The van der Waals surface area contributed by atoms with Crippen LogP contribution in [0.3, 0.4) is 0 Å². The average Bonchev–Trinajstić information content (AvgIpc) is 2.64. The number of piperazine rings is 1. The molecule has 1 saturated heterocycles. The van der Waals surface area contributed by atoms with E-state index in [1.165, 1.54) is 5.69 Å². The first kappa shape index (κ1) is 16.6. The number of anilines is 1. The van der Waals surface area contributed by atoms with E-state index in [0.717, 1.165) is 36.2 Å². The minimum atomic E-state index is -0.0500. The van der Waals surface area contributed by atoms with Gasteiger partial charge in [0.1, 0.15) is 0 Å². The molecule has 1 aliphatic heterocycles. The highest BCUT2D eigenvalue weighted by molar-refractivity contribution is 9.10. The Labute approximate surface area is 150 Å². The first-order valence-corrected chi connectivity index (χ1v) is 8.80. The van der Waals surface area contributed by atoms with Gasteiger partial charge in [0.25, 0.3) is 0 Å². The molecule has 0 bridgehead atoms. The van der Waals surface area contributed by atoms with Crippen molar-refractivity contribution in [2.45, 2.75) is 0 Å². The van der Waals surface area contributed by atoms with Gasteiger partial charge in [0.05, 0.1) is 0 Å². The zero-order valence-corrected chi connectivity index (χ0v) is 14.9. The maximum absolute atomic E-state index is 12.2. The SMILES string of the molecule is O=C(N/C=C/c1ccccc1Br)N1CCN(c2ccccc2)CC1. The number of carbonyl (C=O) groups is 1. The van der Waals surface area contributed by atoms with Gasteiger partial charge in [-0.1, -0.05) is 52.3 Å². The molecule has 3 rings (SSSR count). The second-order valence-corrected chi connectivity index (χ2v) is 6.47. The van der Waals surface area contributed by atoms with Crippen LogP contribution in [0, 0.1) is 0 Å². The highest BCUT2D eigenvalue weighted by Gasteiger charge is 2.20. The Morgan fingerprint density at radius 2 is 1.62 bits per heavy atom. The molecule has 24 heavy (non-hydrogen) atoms. The molecule has 0 unspecified atom stereocenters. The van der Waals surface area contributed by atoms with Gasteiger partial charge in [0.15, 0.2) is 0 Å². The van der Waals surface area contributed by atoms with Crippen molar-refractivity contribution in [2.75, 3.05) is 31.1 Å². The molecule has 5 heteroatoms. The van der Waals surface area contributed by atoms with E-state index in [1.807, 2.05) is 53.4 Å². The number of hydrogen-bond donors (Lipinski definition) is 1. The summed E-state index contributed by atoms with van der Waals surface area (Å²) >= 11 is 3.49. The van der Waals surface area contributed by atoms with Crippen molar-refractivity contribution in [3.05, 3.63) is 70.8 Å². The van der Waals surface area contributed by atoms with Gasteiger partial charge in [-0.15, -0.1) is 0 Å². The molecule has 1 heterocycles. The molecular formula is C19H20BrN3O. The van der Waals surface area contributed by atoms with Crippen LogP contribution in [-0.2, 0) is 0 Å². The van der Waals surface area contributed by atoms with Crippen molar-refractivity contribution >= 4 is 33.7 Å². The van der Waals surface area contributed by atoms with Crippen LogP contribution in [0.2, 0.25) is 0 Å². The Balaban J connectivity index is 1.50. The van der Waals surface area contributed by atoms with E-state index in [4.69, 9.17) is 0 Å². The van der Waals surface area contributed by atoms with E-state index in [0.29, 0.717) is 0 Å². The van der Waals surface area contributed by atoms with Crippen LogP contribution in [0.4, 0.5) is 10.5 Å². The van der Waals surface area contributed by atoms with E-state index >= 15 is 0 Å². The largest absolute Gasteiger partial charge is 0.368 e. The summed E-state index contributed by atoms with van der Waals surface area (Å²) < 4.78 is 1.01. The van der Waals surface area contributed by atoms with E-state index < -0.39 is 0 Å². The number of halogens is 1. The quantitative estimate of drug-likeness (QED) is 0.867. The van der Waals surface area contributed by atoms with E-state index in [9.17, 15) is 4.79 Å². The number of amides is 2. The molecular weight excluding hydrogens is 366 g/mol. The summed E-state index contributed by atoms with van der Waals surface area (Å²) in [5.41, 5.74) is 2.25. The topological polar surface area (TPSA) is 35.6 Å². The predicted octanol–water partition coefficient (Wildman–Crippen LogP) is 3.95. The average molecular weight is 386 g/mol. The van der Waals surface area contributed by atoms with Crippen LogP contribution in [0.15, 0.2) is 65.3 Å². The summed E-state index contributed by atoms with van der Waals surface area (Å²) in [6.07, 6.45) is 3.59. The van der Waals surface area contributed by atoms with Crippen molar-refractivity contribution in [2.24, 2.45) is 0 Å². The van der Waals surface area contributed by atoms with Gasteiger partial charge in [-0.2, -0.15) is 0 Å². The summed E-state index contributed by atoms with van der Waals surface area (Å²) in [7, 11) is 0. The molecule has 2 amide bonds. The molecule has 2 aromatic rings. The number of nitrogens with zero attached hydrogens (tertiary/aromatic N) is 2. The van der Waals surface area contributed by atoms with Crippen molar-refractivity contribution in [3.63, 3.8) is 0 Å². The van der Waals surface area contributed by atoms with Gasteiger partial charge in [-0.25, -0.2) is 4.79 Å². The number of urea groups is 1. The Morgan fingerprint density at radius 1 is 0.958 bits per heavy atom. The fraction of sp³-hybridized carbons (Fsp3) is 0.211. The van der Waals surface area contributed by atoms with Gasteiger partial charge < -0.3 is 15.1 Å². The Hall–Kier alpha value is -2.27. The second kappa shape index (κ2) is 8.02. The van der Waals surface area contributed by atoms with Gasteiger partial charge in [-0.3, -0.25) is 0 Å². The maximum Gasteiger partial charge on any atom is 0.321 e. The Morgan fingerprint density at radius 3 is 2.33 bits per heavy atom. The van der Waals surface area contributed by atoms with Crippen LogP contribution in [0.5, 0.6) is 0 Å². The molecule has 124 valence electrons. The summed E-state index contributed by atoms with van der Waals surface area (Å²) in [5, 5.41) is 2.85. The standard InChI is InChI=1S/C19H20BrN3O/c20-18-9-5-4-6-16(18)10-11-21-19(24)23-14-12-22(13-15-23)17-7-2-1-3-8-17/h1-11H,12-15H2,(H,21,24)/b11-10+. The molecule has 4 nitrogen and oxygen atoms in total. The number of hydrogen-bond acceptors (Lipinski definition) is 2. The zero-order chi connectivity index (χ0) is 16.8. The first-order chi connectivity index (χ1) is 11.7. The molecule has 0 radical (unpaired) electrons. The van der Waals surface area contributed by atoms with Crippen LogP contribution < -0.4 is 10.2 Å². The van der Waals surface area contributed by atoms with Crippen molar-refractivity contribution in [1.29, 1.82) is 0 Å². The monoisotopic (exact) mass is 385 g/mol. The summed E-state index contributed by atoms with van der Waals surface area (Å²) in [4.78, 5) is 16.4. The summed E-state index contributed by atoms with van der Waals surface area (Å²) in [6, 6.07) is 18.2. The van der Waals surface area contributed by atoms with E-state index in [2.05, 4.69) is 38.3 Å². The minimum absolute atomic E-state index is 0.0500. The highest BCUT2D eigenvalue weighted by atomic mass is 79.9. The van der Waals surface area contributed by atoms with E-state index in [1.54, 1.807) is 6.20 Å². The Kier molecular flexibility index (Phi) is 5.54. The predicted molar refractivity (Wildman–Crippen MR) is 102 cm³/mol. The molecule has 0 aliphatic carbocycles. The molecule has 1 fully saturated rings. The molecule has 0 spiro atoms. The third-order valence-electron chi connectivity index (χ3n) is 4.06. The lowest BCUT2D eigenvalue weighted by atomic mass is 10.2. The van der Waals surface area contributed by atoms with Crippen LogP contribution in [0.25, 0.3) is 6.08 Å². The number of para-hydroxylation sites is 1. The van der Waals surface area contributed by atoms with Gasteiger partial charge in [0.2, 0.25) is 0 Å². The summed E-state index contributed by atoms with van der Waals surface area (Å²) in [6.45, 7) is 3.16. The molecule has 0 atom stereocenters. The molecule has 2 aromatic carbocycles. The van der Waals surface area contributed by atoms with Crippen LogP contribution in [0.1, 0.15) is 5.56 Å². The third-order valence-corrected chi connectivity index (χ3v) is 4.79. The maximum atomic E-state index is 12.2. The second-order valence-electron chi connectivity index (χ2n) is 5.61. The van der Waals surface area contributed by atoms with Crippen molar-refractivity contribution in [1.82, 2.24) is 10.2 Å². The molecule has 0 saturated carbocycles. The van der Waals surface area contributed by atoms with E-state index in [-0.39, 0.29) is 6.03 Å². The van der Waals surface area contributed by atoms with Crippen molar-refractivity contribution in [3.8, 4) is 0 Å². The minimum Gasteiger partial charge on any atom is -0.368 e. The fourth-order valence-corrected chi connectivity index (χ4v) is 3.13. The zero-order valence-electron chi connectivity index (χ0n) is 13.4.